The number of hydrogen-bond acceptors (Lipinski definition) is 2. The fourth-order valence-electron chi connectivity index (χ4n) is 1.70. The maximum atomic E-state index is 5.77. The first kappa shape index (κ1) is 11.7. The van der Waals surface area contributed by atoms with Gasteiger partial charge in [0.2, 0.25) is 0 Å². The molecule has 2 N–H and O–H groups in total. The van der Waals surface area contributed by atoms with Gasteiger partial charge in [-0.25, -0.2) is 0 Å². The van der Waals surface area contributed by atoms with Gasteiger partial charge in [0.05, 0.1) is 0 Å². The van der Waals surface area contributed by atoms with Crippen molar-refractivity contribution in [3.8, 4) is 11.5 Å². The van der Waals surface area contributed by atoms with Crippen LogP contribution < -0.4 is 10.5 Å². The summed E-state index contributed by atoms with van der Waals surface area (Å²) in [6.07, 6.45) is 0. The van der Waals surface area contributed by atoms with E-state index in [1.807, 2.05) is 49.4 Å². The zero-order valence-corrected chi connectivity index (χ0v) is 10.2. The summed E-state index contributed by atoms with van der Waals surface area (Å²) in [6.45, 7) is 4.67. The second-order valence-corrected chi connectivity index (χ2v) is 4.21. The molecule has 0 aromatic heterocycles. The molecule has 0 amide bonds. The van der Waals surface area contributed by atoms with Gasteiger partial charge in [0, 0.05) is 6.54 Å². The summed E-state index contributed by atoms with van der Waals surface area (Å²) < 4.78 is 5.77. The van der Waals surface area contributed by atoms with Gasteiger partial charge in [0.15, 0.2) is 0 Å². The number of rotatable bonds is 3. The van der Waals surface area contributed by atoms with E-state index in [1.54, 1.807) is 0 Å². The molecule has 0 fully saturated rings. The van der Waals surface area contributed by atoms with Gasteiger partial charge >= 0.3 is 0 Å². The largest absolute Gasteiger partial charge is 0.457 e. The molecular formula is C15H17NO. The van der Waals surface area contributed by atoms with E-state index in [4.69, 9.17) is 10.5 Å². The lowest BCUT2D eigenvalue weighted by molar-refractivity contribution is 0.482. The van der Waals surface area contributed by atoms with Crippen LogP contribution in [0.5, 0.6) is 11.5 Å². The summed E-state index contributed by atoms with van der Waals surface area (Å²) in [6, 6.07) is 14.0. The van der Waals surface area contributed by atoms with Crippen molar-refractivity contribution < 1.29 is 4.74 Å². The van der Waals surface area contributed by atoms with Gasteiger partial charge in [-0.05, 0) is 49.2 Å². The van der Waals surface area contributed by atoms with Gasteiger partial charge in [-0.3, -0.25) is 0 Å². The van der Waals surface area contributed by atoms with Crippen molar-refractivity contribution in [1.29, 1.82) is 0 Å². The van der Waals surface area contributed by atoms with E-state index >= 15 is 0 Å². The predicted molar refractivity (Wildman–Crippen MR) is 70.3 cm³/mol. The fraction of sp³-hybridized carbons (Fsp3) is 0.200. The Labute approximate surface area is 102 Å². The Morgan fingerprint density at radius 2 is 1.59 bits per heavy atom. The molecule has 2 aromatic carbocycles. The highest BCUT2D eigenvalue weighted by atomic mass is 16.5. The van der Waals surface area contributed by atoms with Gasteiger partial charge in [0.1, 0.15) is 11.5 Å². The molecule has 0 aliphatic carbocycles. The number of aryl methyl sites for hydroxylation is 2. The van der Waals surface area contributed by atoms with Crippen LogP contribution >= 0.6 is 0 Å². The molecule has 0 unspecified atom stereocenters. The summed E-state index contributed by atoms with van der Waals surface area (Å²) in [7, 11) is 0. The van der Waals surface area contributed by atoms with Gasteiger partial charge in [-0.1, -0.05) is 23.8 Å². The Balaban J connectivity index is 2.19. The molecule has 88 valence electrons. The molecule has 0 spiro atoms. The Bertz CT molecular complexity index is 503. The smallest absolute Gasteiger partial charge is 0.127 e. The Kier molecular flexibility index (Phi) is 3.45. The molecule has 0 atom stereocenters. The average Bonchev–Trinajstić information content (AvgIpc) is 2.32. The molecule has 2 heteroatoms. The van der Waals surface area contributed by atoms with E-state index in [0.717, 1.165) is 22.6 Å². The van der Waals surface area contributed by atoms with Crippen molar-refractivity contribution in [1.82, 2.24) is 0 Å². The molecular weight excluding hydrogens is 210 g/mol. The van der Waals surface area contributed by atoms with E-state index in [9.17, 15) is 0 Å². The highest BCUT2D eigenvalue weighted by molar-refractivity contribution is 5.38. The SMILES string of the molecule is Cc1ccc(Oc2ccc(CN)c(C)c2)cc1. The lowest BCUT2D eigenvalue weighted by Gasteiger charge is -2.09. The van der Waals surface area contributed by atoms with Crippen molar-refractivity contribution in [2.75, 3.05) is 0 Å². The van der Waals surface area contributed by atoms with Crippen LogP contribution in [0.1, 0.15) is 16.7 Å². The Morgan fingerprint density at radius 3 is 2.18 bits per heavy atom. The molecule has 0 radical (unpaired) electrons. The minimum atomic E-state index is 0.566. The molecule has 0 bridgehead atoms. The number of hydrogen-bond donors (Lipinski definition) is 1. The van der Waals surface area contributed by atoms with Crippen molar-refractivity contribution >= 4 is 0 Å². The predicted octanol–water partition coefficient (Wildman–Crippen LogP) is 3.55. The van der Waals surface area contributed by atoms with Gasteiger partial charge in [-0.2, -0.15) is 0 Å². The average molecular weight is 227 g/mol. The molecule has 0 saturated heterocycles. The second-order valence-electron chi connectivity index (χ2n) is 4.21. The summed E-state index contributed by atoms with van der Waals surface area (Å²) in [5.41, 5.74) is 9.18. The van der Waals surface area contributed by atoms with Crippen LogP contribution in [-0.4, -0.2) is 0 Å². The monoisotopic (exact) mass is 227 g/mol. The van der Waals surface area contributed by atoms with Gasteiger partial charge in [-0.15, -0.1) is 0 Å². The lowest BCUT2D eigenvalue weighted by atomic mass is 10.1. The van der Waals surface area contributed by atoms with Crippen LogP contribution in [0.25, 0.3) is 0 Å². The lowest BCUT2D eigenvalue weighted by Crippen LogP contribution is -1.98. The van der Waals surface area contributed by atoms with Crippen LogP contribution in [0.4, 0.5) is 0 Å². The van der Waals surface area contributed by atoms with E-state index in [1.165, 1.54) is 5.56 Å². The van der Waals surface area contributed by atoms with Crippen LogP contribution in [0.2, 0.25) is 0 Å². The molecule has 2 rings (SSSR count). The molecule has 0 aliphatic rings. The third-order valence-electron chi connectivity index (χ3n) is 2.79. The first-order valence-electron chi connectivity index (χ1n) is 5.73. The minimum absolute atomic E-state index is 0.566. The van der Waals surface area contributed by atoms with Crippen molar-refractivity contribution in [3.63, 3.8) is 0 Å². The van der Waals surface area contributed by atoms with E-state index in [-0.39, 0.29) is 0 Å². The van der Waals surface area contributed by atoms with E-state index in [2.05, 4.69) is 6.92 Å². The maximum absolute atomic E-state index is 5.77. The van der Waals surface area contributed by atoms with Crippen LogP contribution in [0.3, 0.4) is 0 Å². The number of benzene rings is 2. The second kappa shape index (κ2) is 5.02. The van der Waals surface area contributed by atoms with E-state index in [0.29, 0.717) is 6.54 Å². The Morgan fingerprint density at radius 1 is 0.941 bits per heavy atom. The van der Waals surface area contributed by atoms with E-state index < -0.39 is 0 Å². The first-order valence-corrected chi connectivity index (χ1v) is 5.73. The van der Waals surface area contributed by atoms with Crippen molar-refractivity contribution in [2.45, 2.75) is 20.4 Å². The highest BCUT2D eigenvalue weighted by Gasteiger charge is 2.00. The van der Waals surface area contributed by atoms with Crippen LogP contribution in [0.15, 0.2) is 42.5 Å². The topological polar surface area (TPSA) is 35.2 Å². The van der Waals surface area contributed by atoms with Crippen molar-refractivity contribution in [3.05, 3.63) is 59.2 Å². The molecule has 2 aromatic rings. The van der Waals surface area contributed by atoms with Crippen LogP contribution in [-0.2, 0) is 6.54 Å². The summed E-state index contributed by atoms with van der Waals surface area (Å²) >= 11 is 0. The zero-order valence-electron chi connectivity index (χ0n) is 10.2. The summed E-state index contributed by atoms with van der Waals surface area (Å²) in [5, 5.41) is 0. The van der Waals surface area contributed by atoms with Crippen molar-refractivity contribution in [2.24, 2.45) is 5.73 Å². The molecule has 2 nitrogen and oxygen atoms in total. The Hall–Kier alpha value is -1.80. The number of ether oxygens (including phenoxy) is 1. The fourth-order valence-corrected chi connectivity index (χ4v) is 1.70. The first-order chi connectivity index (χ1) is 8.19. The number of nitrogens with two attached hydrogens (primary N) is 1. The molecule has 0 aliphatic heterocycles. The maximum Gasteiger partial charge on any atom is 0.127 e. The third kappa shape index (κ3) is 2.86. The normalized spacial score (nSPS) is 10.3. The molecule has 0 saturated carbocycles. The zero-order chi connectivity index (χ0) is 12.3. The standard InChI is InChI=1S/C15H17NO/c1-11-3-6-14(7-4-11)17-15-8-5-13(10-16)12(2)9-15/h3-9H,10,16H2,1-2H3. The quantitative estimate of drug-likeness (QED) is 0.870. The minimum Gasteiger partial charge on any atom is -0.457 e. The van der Waals surface area contributed by atoms with Crippen LogP contribution in [0, 0.1) is 13.8 Å². The molecule has 0 heterocycles. The van der Waals surface area contributed by atoms with Gasteiger partial charge in [0.25, 0.3) is 0 Å². The summed E-state index contributed by atoms with van der Waals surface area (Å²) in [5.74, 6) is 1.71. The third-order valence-corrected chi connectivity index (χ3v) is 2.79. The highest BCUT2D eigenvalue weighted by Crippen LogP contribution is 2.23. The van der Waals surface area contributed by atoms with Gasteiger partial charge < -0.3 is 10.5 Å². The summed E-state index contributed by atoms with van der Waals surface area (Å²) in [4.78, 5) is 0. The molecule has 17 heavy (non-hydrogen) atoms.